The van der Waals surface area contributed by atoms with E-state index >= 15 is 0 Å². The van der Waals surface area contributed by atoms with Crippen molar-refractivity contribution in [2.24, 2.45) is 0 Å². The molecule has 21 heavy (non-hydrogen) atoms. The van der Waals surface area contributed by atoms with Crippen molar-refractivity contribution in [1.29, 1.82) is 0 Å². The topological polar surface area (TPSA) is 24.9 Å². The first kappa shape index (κ1) is 15.4. The lowest BCUT2D eigenvalue weighted by Gasteiger charge is -2.29. The second-order valence-electron chi connectivity index (χ2n) is 5.95. The minimum absolute atomic E-state index is 0.876. The number of ether oxygens (including phenoxy) is 2. The van der Waals surface area contributed by atoms with E-state index in [4.69, 9.17) is 9.47 Å². The molecule has 0 saturated carbocycles. The molecule has 0 radical (unpaired) electrons. The van der Waals surface area contributed by atoms with E-state index in [2.05, 4.69) is 23.6 Å². The van der Waals surface area contributed by atoms with Gasteiger partial charge in [-0.25, -0.2) is 0 Å². The number of rotatable bonds is 4. The van der Waals surface area contributed by atoms with Gasteiger partial charge in [0.05, 0.1) is 26.4 Å². The average molecular weight is 310 g/mol. The van der Waals surface area contributed by atoms with Crippen molar-refractivity contribution in [2.75, 3.05) is 52.6 Å². The number of hydrogen-bond donors (Lipinski definition) is 0. The van der Waals surface area contributed by atoms with Crippen molar-refractivity contribution in [3.8, 4) is 0 Å². The second kappa shape index (κ2) is 7.20. The van der Waals surface area contributed by atoms with Crippen LogP contribution in [0.2, 0.25) is 0 Å². The molecule has 2 saturated heterocycles. The molecule has 0 aromatic carbocycles. The maximum Gasteiger partial charge on any atom is 0.0594 e. The molecule has 0 amide bonds. The average Bonchev–Trinajstić information content (AvgIpc) is 2.76. The Morgan fingerprint density at radius 3 is 1.52 bits per heavy atom. The minimum atomic E-state index is 0.876. The van der Waals surface area contributed by atoms with Crippen LogP contribution in [0.25, 0.3) is 0 Å². The van der Waals surface area contributed by atoms with E-state index in [0.29, 0.717) is 0 Å². The van der Waals surface area contributed by atoms with Crippen LogP contribution in [0.3, 0.4) is 0 Å². The molecule has 1 aromatic rings. The van der Waals surface area contributed by atoms with Crippen LogP contribution in [0.1, 0.15) is 20.9 Å². The molecular weight excluding hydrogens is 284 g/mol. The Morgan fingerprint density at radius 2 is 1.14 bits per heavy atom. The lowest BCUT2D eigenvalue weighted by molar-refractivity contribution is 0.0309. The lowest BCUT2D eigenvalue weighted by atomic mass is 10.1. The summed E-state index contributed by atoms with van der Waals surface area (Å²) in [5.74, 6) is 0. The summed E-state index contributed by atoms with van der Waals surface area (Å²) in [4.78, 5) is 8.03. The first-order chi connectivity index (χ1) is 10.2. The van der Waals surface area contributed by atoms with Gasteiger partial charge >= 0.3 is 0 Å². The smallest absolute Gasteiger partial charge is 0.0594 e. The van der Waals surface area contributed by atoms with E-state index in [-0.39, 0.29) is 0 Å². The van der Waals surface area contributed by atoms with Gasteiger partial charge in [-0.15, -0.1) is 11.3 Å². The summed E-state index contributed by atoms with van der Waals surface area (Å²) in [6.45, 7) is 14.5. The van der Waals surface area contributed by atoms with Crippen LogP contribution in [0, 0.1) is 13.8 Å². The summed E-state index contributed by atoms with van der Waals surface area (Å²) in [7, 11) is 0. The van der Waals surface area contributed by atoms with Gasteiger partial charge in [-0.1, -0.05) is 0 Å². The highest BCUT2D eigenvalue weighted by atomic mass is 32.1. The zero-order chi connectivity index (χ0) is 14.7. The van der Waals surface area contributed by atoms with Crippen molar-refractivity contribution < 1.29 is 9.47 Å². The normalized spacial score (nSPS) is 21.8. The van der Waals surface area contributed by atoms with Crippen molar-refractivity contribution in [3.05, 3.63) is 20.9 Å². The SMILES string of the molecule is Cc1sc(C)c(CN2CCOCC2)c1CN1CCOCC1. The summed E-state index contributed by atoms with van der Waals surface area (Å²) in [5, 5.41) is 0. The molecule has 0 bridgehead atoms. The van der Waals surface area contributed by atoms with E-state index in [9.17, 15) is 0 Å². The Hall–Kier alpha value is -0.460. The van der Waals surface area contributed by atoms with Gasteiger partial charge in [0.15, 0.2) is 0 Å². The first-order valence-electron chi connectivity index (χ1n) is 7.92. The molecule has 3 rings (SSSR count). The molecule has 3 heterocycles. The summed E-state index contributed by atoms with van der Waals surface area (Å²) < 4.78 is 10.9. The third kappa shape index (κ3) is 3.85. The third-order valence-electron chi connectivity index (χ3n) is 4.49. The van der Waals surface area contributed by atoms with Crippen LogP contribution in [0.15, 0.2) is 0 Å². The maximum absolute atomic E-state index is 5.46. The van der Waals surface area contributed by atoms with Crippen LogP contribution < -0.4 is 0 Å². The van der Waals surface area contributed by atoms with Crippen molar-refractivity contribution in [3.63, 3.8) is 0 Å². The Bertz CT molecular complexity index is 423. The molecule has 0 spiro atoms. The van der Waals surface area contributed by atoms with Crippen molar-refractivity contribution >= 4 is 11.3 Å². The Labute approximate surface area is 131 Å². The minimum Gasteiger partial charge on any atom is -0.379 e. The van der Waals surface area contributed by atoms with Crippen molar-refractivity contribution in [2.45, 2.75) is 26.9 Å². The zero-order valence-electron chi connectivity index (χ0n) is 13.2. The van der Waals surface area contributed by atoms with Gasteiger partial charge in [0, 0.05) is 49.0 Å². The predicted molar refractivity (Wildman–Crippen MR) is 86.0 cm³/mol. The number of thiophene rings is 1. The molecule has 2 fully saturated rings. The Balaban J connectivity index is 1.72. The third-order valence-corrected chi connectivity index (χ3v) is 5.60. The zero-order valence-corrected chi connectivity index (χ0v) is 14.0. The molecule has 0 unspecified atom stereocenters. The molecule has 2 aliphatic rings. The second-order valence-corrected chi connectivity index (χ2v) is 7.38. The molecule has 4 nitrogen and oxygen atoms in total. The van der Waals surface area contributed by atoms with E-state index in [0.717, 1.165) is 65.7 Å². The molecule has 0 atom stereocenters. The summed E-state index contributed by atoms with van der Waals surface area (Å²) in [6.07, 6.45) is 0. The predicted octanol–water partition coefficient (Wildman–Crippen LogP) is 2.03. The first-order valence-corrected chi connectivity index (χ1v) is 8.73. The molecule has 0 aliphatic carbocycles. The van der Waals surface area contributed by atoms with Crippen LogP contribution in [-0.4, -0.2) is 62.4 Å². The highest BCUT2D eigenvalue weighted by molar-refractivity contribution is 7.12. The van der Waals surface area contributed by atoms with Gasteiger partial charge in [0.25, 0.3) is 0 Å². The highest BCUT2D eigenvalue weighted by Gasteiger charge is 2.20. The Morgan fingerprint density at radius 1 is 0.762 bits per heavy atom. The van der Waals surface area contributed by atoms with Crippen LogP contribution in [-0.2, 0) is 22.6 Å². The van der Waals surface area contributed by atoms with Gasteiger partial charge in [-0.05, 0) is 25.0 Å². The van der Waals surface area contributed by atoms with Crippen LogP contribution in [0.4, 0.5) is 0 Å². The summed E-state index contributed by atoms with van der Waals surface area (Å²) >= 11 is 1.96. The van der Waals surface area contributed by atoms with E-state index in [1.54, 1.807) is 11.1 Å². The van der Waals surface area contributed by atoms with Gasteiger partial charge in [0.2, 0.25) is 0 Å². The van der Waals surface area contributed by atoms with Crippen LogP contribution >= 0.6 is 11.3 Å². The fraction of sp³-hybridized carbons (Fsp3) is 0.750. The molecule has 2 aliphatic heterocycles. The van der Waals surface area contributed by atoms with E-state index < -0.39 is 0 Å². The maximum atomic E-state index is 5.46. The van der Waals surface area contributed by atoms with Gasteiger partial charge in [-0.3, -0.25) is 9.80 Å². The largest absolute Gasteiger partial charge is 0.379 e. The number of nitrogens with zero attached hydrogens (tertiary/aromatic N) is 2. The highest BCUT2D eigenvalue weighted by Crippen LogP contribution is 2.30. The van der Waals surface area contributed by atoms with Gasteiger partial charge < -0.3 is 9.47 Å². The van der Waals surface area contributed by atoms with Gasteiger partial charge in [0.1, 0.15) is 0 Å². The molecule has 0 N–H and O–H groups in total. The molecule has 118 valence electrons. The number of aryl methyl sites for hydroxylation is 2. The fourth-order valence-corrected chi connectivity index (χ4v) is 4.24. The standard InChI is InChI=1S/C16H26N2O2S/c1-13-15(11-17-3-7-19-8-4-17)16(14(2)21-13)12-18-5-9-20-10-6-18/h3-12H2,1-2H3. The Kier molecular flexibility index (Phi) is 5.29. The van der Waals surface area contributed by atoms with Crippen LogP contribution in [0.5, 0.6) is 0 Å². The lowest BCUT2D eigenvalue weighted by Crippen LogP contribution is -2.37. The van der Waals surface area contributed by atoms with E-state index in [1.807, 2.05) is 11.3 Å². The molecule has 1 aromatic heterocycles. The van der Waals surface area contributed by atoms with Crippen molar-refractivity contribution in [1.82, 2.24) is 9.80 Å². The number of morpholine rings is 2. The van der Waals surface area contributed by atoms with Gasteiger partial charge in [-0.2, -0.15) is 0 Å². The monoisotopic (exact) mass is 310 g/mol. The summed E-state index contributed by atoms with van der Waals surface area (Å²) in [6, 6.07) is 0. The summed E-state index contributed by atoms with van der Waals surface area (Å²) in [5.41, 5.74) is 3.12. The molecular formula is C16H26N2O2S. The molecule has 5 heteroatoms. The van der Waals surface area contributed by atoms with E-state index in [1.165, 1.54) is 9.75 Å². The fourth-order valence-electron chi connectivity index (χ4n) is 3.16. The quantitative estimate of drug-likeness (QED) is 0.849. The number of hydrogen-bond acceptors (Lipinski definition) is 5.